The number of carbonyl (C=O) groups excluding carboxylic acids is 1. The van der Waals surface area contributed by atoms with Crippen molar-refractivity contribution in [1.82, 2.24) is 0 Å². The summed E-state index contributed by atoms with van der Waals surface area (Å²) in [6, 6.07) is 0. The first-order valence-corrected chi connectivity index (χ1v) is 6.42. The summed E-state index contributed by atoms with van der Waals surface area (Å²) in [5.74, 6) is 4.37. The molecular formula is C15H30OU. The molecule has 0 aliphatic heterocycles. The van der Waals surface area contributed by atoms with Gasteiger partial charge in [-0.3, -0.25) is 6.79 Å². The summed E-state index contributed by atoms with van der Waals surface area (Å²) in [7, 11) is 0. The molecule has 0 bridgehead atoms. The summed E-state index contributed by atoms with van der Waals surface area (Å²) in [4.78, 5) is 7.75. The van der Waals surface area contributed by atoms with E-state index in [4.69, 9.17) is 4.79 Å². The van der Waals surface area contributed by atoms with Gasteiger partial charge in [-0.05, 0) is 30.6 Å². The fourth-order valence-corrected chi connectivity index (χ4v) is 2.27. The van der Waals surface area contributed by atoms with Crippen molar-refractivity contribution in [2.24, 2.45) is 17.8 Å². The van der Waals surface area contributed by atoms with Crippen LogP contribution >= 0.6 is 0 Å². The molecule has 0 aromatic rings. The molecule has 0 saturated heterocycles. The van der Waals surface area contributed by atoms with Crippen LogP contribution in [0.2, 0.25) is 0 Å². The first kappa shape index (κ1) is 22.9. The van der Waals surface area contributed by atoms with E-state index in [0.29, 0.717) is 0 Å². The smallest absolute Gasteiger partial charge is 0.545 e. The van der Waals surface area contributed by atoms with E-state index in [1.807, 2.05) is 0 Å². The van der Waals surface area contributed by atoms with Gasteiger partial charge in [-0.25, -0.2) is 0 Å². The van der Waals surface area contributed by atoms with E-state index >= 15 is 0 Å². The minimum atomic E-state index is 0. The first-order chi connectivity index (χ1) is 7.41. The Balaban J connectivity index is -0.000000242. The maximum absolute atomic E-state index is 7.75. The third kappa shape index (κ3) is 19.2. The second-order valence-corrected chi connectivity index (χ2v) is 5.86. The maximum Gasteiger partial charge on any atom is 2.00 e. The molecule has 100 valence electrons. The molecule has 0 radical (unpaired) electrons. The first-order valence-electron chi connectivity index (χ1n) is 6.42. The second kappa shape index (κ2) is 14.8. The predicted molar refractivity (Wildman–Crippen MR) is 73.0 cm³/mol. The molecule has 1 rings (SSSR count). The van der Waals surface area contributed by atoms with Crippen molar-refractivity contribution in [3.05, 3.63) is 5.92 Å². The van der Waals surface area contributed by atoms with Gasteiger partial charge in [-0.2, -0.15) is 20.8 Å². The van der Waals surface area contributed by atoms with Crippen LogP contribution in [0.4, 0.5) is 0 Å². The largest absolute Gasteiger partial charge is 2.00 e. The SMILES string of the molecule is CC1C[C@H](C)CC[C@H](C)C1.C[C-](C)C.[CH-]=O.[U+2]. The zero-order chi connectivity index (χ0) is 13.1. The van der Waals surface area contributed by atoms with Crippen molar-refractivity contribution < 1.29 is 35.9 Å². The normalized spacial score (nSPS) is 27.6. The fourth-order valence-electron chi connectivity index (χ4n) is 2.27. The van der Waals surface area contributed by atoms with E-state index < -0.39 is 0 Å². The van der Waals surface area contributed by atoms with Gasteiger partial charge in [0, 0.05) is 0 Å². The van der Waals surface area contributed by atoms with E-state index in [2.05, 4.69) is 48.3 Å². The maximum atomic E-state index is 7.75. The summed E-state index contributed by atoms with van der Waals surface area (Å²) in [5.41, 5.74) is 0. The summed E-state index contributed by atoms with van der Waals surface area (Å²) in [6.45, 7) is 16.7. The van der Waals surface area contributed by atoms with Crippen LogP contribution in [-0.2, 0) is 4.79 Å². The minimum absolute atomic E-state index is 0. The van der Waals surface area contributed by atoms with Crippen molar-refractivity contribution in [2.45, 2.75) is 67.2 Å². The van der Waals surface area contributed by atoms with Gasteiger partial charge in [0.05, 0.1) is 0 Å². The van der Waals surface area contributed by atoms with E-state index in [9.17, 15) is 0 Å². The molecular weight excluding hydrogens is 434 g/mol. The molecule has 1 saturated carbocycles. The molecule has 0 heterocycles. The fraction of sp³-hybridized carbons (Fsp3) is 0.867. The van der Waals surface area contributed by atoms with Gasteiger partial charge < -0.3 is 10.7 Å². The third-order valence-corrected chi connectivity index (χ3v) is 2.76. The summed E-state index contributed by atoms with van der Waals surface area (Å²) < 4.78 is 0. The van der Waals surface area contributed by atoms with Gasteiger partial charge in [0.15, 0.2) is 0 Å². The quantitative estimate of drug-likeness (QED) is 0.286. The standard InChI is InChI=1S/C10H20.C4H9.CHO.U/c1-8-4-5-9(2)7-10(3)6-8;1-4(2)3;1-2;/h8-10H,4-7H2,1-3H3;1-3H3;1H;/q;2*-1;+2/t8-,9+,10?;;;. The molecule has 1 aliphatic rings. The summed E-state index contributed by atoms with van der Waals surface area (Å²) in [5, 5.41) is 0. The molecule has 2 heteroatoms. The van der Waals surface area contributed by atoms with Crippen molar-refractivity contribution in [2.75, 3.05) is 0 Å². The molecule has 0 aromatic carbocycles. The van der Waals surface area contributed by atoms with Crippen LogP contribution in [-0.4, -0.2) is 6.79 Å². The Labute approximate surface area is 133 Å². The van der Waals surface area contributed by atoms with Crippen LogP contribution in [0, 0.1) is 54.8 Å². The zero-order valence-electron chi connectivity index (χ0n) is 12.5. The molecule has 1 unspecified atom stereocenters. The molecule has 0 amide bonds. The zero-order valence-corrected chi connectivity index (χ0v) is 16.7. The number of hydrogen-bond acceptors (Lipinski definition) is 1. The molecule has 1 aliphatic carbocycles. The Morgan fingerprint density at radius 1 is 0.824 bits per heavy atom. The van der Waals surface area contributed by atoms with Gasteiger partial charge in [0.1, 0.15) is 0 Å². The summed E-state index contributed by atoms with van der Waals surface area (Å²) in [6.07, 6.45) is 5.85. The van der Waals surface area contributed by atoms with E-state index in [1.165, 1.54) is 31.6 Å². The van der Waals surface area contributed by atoms with Gasteiger partial charge in [-0.15, -0.1) is 0 Å². The topological polar surface area (TPSA) is 17.1 Å². The van der Waals surface area contributed by atoms with Crippen molar-refractivity contribution in [1.29, 1.82) is 0 Å². The molecule has 17 heavy (non-hydrogen) atoms. The van der Waals surface area contributed by atoms with Crippen LogP contribution in [0.3, 0.4) is 0 Å². The van der Waals surface area contributed by atoms with Crippen molar-refractivity contribution >= 4 is 6.79 Å². The Kier molecular flexibility index (Phi) is 19.9. The van der Waals surface area contributed by atoms with Crippen LogP contribution < -0.4 is 0 Å². The van der Waals surface area contributed by atoms with Crippen LogP contribution in [0.15, 0.2) is 0 Å². The van der Waals surface area contributed by atoms with Crippen LogP contribution in [0.1, 0.15) is 67.2 Å². The predicted octanol–water partition coefficient (Wildman–Crippen LogP) is 4.82. The van der Waals surface area contributed by atoms with E-state index in [0.717, 1.165) is 17.8 Å². The molecule has 0 spiro atoms. The monoisotopic (exact) mass is 464 g/mol. The Morgan fingerprint density at radius 2 is 1.06 bits per heavy atom. The van der Waals surface area contributed by atoms with Gasteiger partial charge in [-0.1, -0.05) is 33.6 Å². The average molecular weight is 464 g/mol. The molecule has 3 atom stereocenters. The molecule has 1 fully saturated rings. The molecule has 0 N–H and O–H groups in total. The van der Waals surface area contributed by atoms with Crippen molar-refractivity contribution in [3.63, 3.8) is 0 Å². The second-order valence-electron chi connectivity index (χ2n) is 5.86. The van der Waals surface area contributed by atoms with Crippen LogP contribution in [0.25, 0.3) is 0 Å². The minimum Gasteiger partial charge on any atom is -0.545 e. The third-order valence-electron chi connectivity index (χ3n) is 2.76. The van der Waals surface area contributed by atoms with Gasteiger partial charge in [0.25, 0.3) is 0 Å². The van der Waals surface area contributed by atoms with Crippen molar-refractivity contribution in [3.8, 4) is 0 Å². The van der Waals surface area contributed by atoms with Crippen LogP contribution in [0.5, 0.6) is 0 Å². The number of rotatable bonds is 0. The number of hydrogen-bond donors (Lipinski definition) is 0. The van der Waals surface area contributed by atoms with E-state index in [-0.39, 0.29) is 31.1 Å². The average Bonchev–Trinajstić information content (AvgIpc) is 2.29. The Hall–Kier alpha value is 0.722. The Morgan fingerprint density at radius 3 is 1.29 bits per heavy atom. The van der Waals surface area contributed by atoms with Gasteiger partial charge >= 0.3 is 31.1 Å². The van der Waals surface area contributed by atoms with Gasteiger partial charge in [0.2, 0.25) is 0 Å². The van der Waals surface area contributed by atoms with E-state index in [1.54, 1.807) is 0 Å². The summed E-state index contributed by atoms with van der Waals surface area (Å²) >= 11 is 0. The molecule has 0 aromatic heterocycles. The Bertz CT molecular complexity index is 133. The molecule has 1 nitrogen and oxygen atoms in total.